The van der Waals surface area contributed by atoms with Gasteiger partial charge in [0.25, 0.3) is 0 Å². The molecule has 0 spiro atoms. The molecule has 2 unspecified atom stereocenters. The van der Waals surface area contributed by atoms with Crippen LogP contribution < -0.4 is 14.2 Å². The molecule has 6 nitrogen and oxygen atoms in total. The van der Waals surface area contributed by atoms with Crippen LogP contribution in [0.3, 0.4) is 0 Å². The number of carbonyl (C=O) groups is 1. The number of hydrogen-bond donors (Lipinski definition) is 0. The van der Waals surface area contributed by atoms with Crippen LogP contribution in [-0.4, -0.2) is 31.8 Å². The predicted molar refractivity (Wildman–Crippen MR) is 140 cm³/mol. The van der Waals surface area contributed by atoms with Gasteiger partial charge in [-0.2, -0.15) is 0 Å². The molecule has 0 aliphatic rings. The van der Waals surface area contributed by atoms with Crippen molar-refractivity contribution in [2.75, 3.05) is 13.2 Å². The smallest absolute Gasteiger partial charge is 0.308 e. The Hall–Kier alpha value is -2.02. The molecule has 7 heteroatoms. The third-order valence-electron chi connectivity index (χ3n) is 5.35. The van der Waals surface area contributed by atoms with E-state index in [1.54, 1.807) is 12.1 Å². The lowest BCUT2D eigenvalue weighted by Gasteiger charge is -2.28. The second-order valence-corrected chi connectivity index (χ2v) is 9.84. The zero-order valence-electron chi connectivity index (χ0n) is 22.2. The molecule has 196 valence electrons. The van der Waals surface area contributed by atoms with Crippen LogP contribution in [-0.2, 0) is 14.3 Å². The summed E-state index contributed by atoms with van der Waals surface area (Å²) >= 11 is 6.30. The minimum Gasteiger partial charge on any atom is -0.461 e. The van der Waals surface area contributed by atoms with E-state index < -0.39 is 18.5 Å². The lowest BCUT2D eigenvalue weighted by atomic mass is 10.1. The Labute approximate surface area is 215 Å². The molecule has 0 fully saturated rings. The first-order valence-corrected chi connectivity index (χ1v) is 13.1. The van der Waals surface area contributed by atoms with E-state index in [9.17, 15) is 4.79 Å². The summed E-state index contributed by atoms with van der Waals surface area (Å²) in [5.41, 5.74) is 0. The van der Waals surface area contributed by atoms with Crippen molar-refractivity contribution in [3.05, 3.63) is 29.3 Å². The normalized spacial score (nSPS) is 13.3. The number of fused-ring (bicyclic) bond motifs is 1. The Morgan fingerprint density at radius 1 is 0.857 bits per heavy atom. The van der Waals surface area contributed by atoms with Gasteiger partial charge in [0.1, 0.15) is 0 Å². The molecule has 2 aromatic rings. The average molecular weight is 509 g/mol. The number of halogens is 1. The Morgan fingerprint density at radius 2 is 1.43 bits per heavy atom. The van der Waals surface area contributed by atoms with Gasteiger partial charge in [0.2, 0.25) is 18.3 Å². The van der Waals surface area contributed by atoms with Crippen LogP contribution in [0.4, 0.5) is 0 Å². The molecule has 2 rings (SSSR count). The lowest BCUT2D eigenvalue weighted by molar-refractivity contribution is -0.133. The van der Waals surface area contributed by atoms with Crippen molar-refractivity contribution in [1.29, 1.82) is 0 Å². The Bertz CT molecular complexity index is 943. The Balaban J connectivity index is 2.62. The molecule has 0 N–H and O–H groups in total. The summed E-state index contributed by atoms with van der Waals surface area (Å²) in [6.07, 6.45) is 2.83. The molecular weight excluding hydrogens is 468 g/mol. The minimum atomic E-state index is -0.562. The van der Waals surface area contributed by atoms with Crippen LogP contribution in [0.2, 0.25) is 5.02 Å². The molecule has 0 saturated carbocycles. The minimum absolute atomic E-state index is 0.0432. The van der Waals surface area contributed by atoms with E-state index in [1.165, 1.54) is 6.92 Å². The molecule has 2 aromatic carbocycles. The lowest BCUT2D eigenvalue weighted by Crippen LogP contribution is -2.30. The zero-order chi connectivity index (χ0) is 26.0. The fourth-order valence-corrected chi connectivity index (χ4v) is 3.56. The van der Waals surface area contributed by atoms with Gasteiger partial charge in [0.05, 0.1) is 13.2 Å². The van der Waals surface area contributed by atoms with Gasteiger partial charge in [-0.25, -0.2) is 0 Å². The molecule has 2 atom stereocenters. The van der Waals surface area contributed by atoms with Crippen molar-refractivity contribution in [2.45, 2.75) is 86.7 Å². The second kappa shape index (κ2) is 14.5. The van der Waals surface area contributed by atoms with Crippen LogP contribution in [0.5, 0.6) is 17.2 Å². The van der Waals surface area contributed by atoms with Crippen LogP contribution in [0.15, 0.2) is 24.3 Å². The van der Waals surface area contributed by atoms with Crippen molar-refractivity contribution in [1.82, 2.24) is 0 Å². The molecule has 35 heavy (non-hydrogen) atoms. The summed E-state index contributed by atoms with van der Waals surface area (Å²) in [5, 5.41) is 1.98. The molecule has 0 aliphatic heterocycles. The number of carbonyl (C=O) groups excluding carboxylic acids is 1. The fourth-order valence-electron chi connectivity index (χ4n) is 3.39. The first kappa shape index (κ1) is 29.2. The monoisotopic (exact) mass is 508 g/mol. The highest BCUT2D eigenvalue weighted by molar-refractivity contribution is 6.31. The maximum Gasteiger partial charge on any atom is 0.308 e. The van der Waals surface area contributed by atoms with Gasteiger partial charge in [0.15, 0.2) is 11.5 Å². The summed E-state index contributed by atoms with van der Waals surface area (Å²) in [5.74, 6) is 0.640. The number of rotatable bonds is 15. The van der Waals surface area contributed by atoms with Gasteiger partial charge in [-0.1, -0.05) is 72.1 Å². The molecule has 0 saturated heterocycles. The number of ether oxygens (including phenoxy) is 5. The maximum absolute atomic E-state index is 12.1. The summed E-state index contributed by atoms with van der Waals surface area (Å²) in [7, 11) is 0. The summed E-state index contributed by atoms with van der Waals surface area (Å²) in [4.78, 5) is 12.1. The van der Waals surface area contributed by atoms with E-state index in [1.807, 2.05) is 39.8 Å². The van der Waals surface area contributed by atoms with Gasteiger partial charge in [0, 0.05) is 29.2 Å². The van der Waals surface area contributed by atoms with Gasteiger partial charge in [-0.15, -0.1) is 0 Å². The van der Waals surface area contributed by atoms with Crippen LogP contribution in [0.25, 0.3) is 10.8 Å². The van der Waals surface area contributed by atoms with E-state index in [-0.39, 0.29) is 17.6 Å². The summed E-state index contributed by atoms with van der Waals surface area (Å²) in [6, 6.07) is 7.28. The van der Waals surface area contributed by atoms with Gasteiger partial charge in [-0.3, -0.25) is 4.79 Å². The number of unbranched alkanes of at least 4 members (excludes halogenated alkanes) is 2. The second-order valence-electron chi connectivity index (χ2n) is 9.40. The number of hydrogen-bond acceptors (Lipinski definition) is 6. The first-order chi connectivity index (χ1) is 16.7. The highest BCUT2D eigenvalue weighted by atomic mass is 35.5. The highest BCUT2D eigenvalue weighted by Crippen LogP contribution is 2.46. The van der Waals surface area contributed by atoms with Gasteiger partial charge in [-0.05, 0) is 36.4 Å². The van der Waals surface area contributed by atoms with E-state index in [4.69, 9.17) is 35.3 Å². The zero-order valence-corrected chi connectivity index (χ0v) is 22.9. The topological polar surface area (TPSA) is 63.2 Å². The molecule has 0 aliphatic carbocycles. The van der Waals surface area contributed by atoms with Crippen LogP contribution >= 0.6 is 11.6 Å². The van der Waals surface area contributed by atoms with Crippen molar-refractivity contribution < 1.29 is 28.5 Å². The van der Waals surface area contributed by atoms with Crippen molar-refractivity contribution in [3.8, 4) is 17.2 Å². The van der Waals surface area contributed by atoms with Crippen molar-refractivity contribution in [2.24, 2.45) is 11.8 Å². The summed E-state index contributed by atoms with van der Waals surface area (Å²) in [6.45, 7) is 14.8. The molecule has 0 aromatic heterocycles. The van der Waals surface area contributed by atoms with Crippen molar-refractivity contribution >= 4 is 28.3 Å². The standard InChI is InChI=1S/C28H41ClO6/c1-8-10-14-31-27(18(3)4)34-24-16-21-12-13-22(29)17-23(21)25(33-20(7)30)26(24)35-28(19(5)6)32-15-11-9-2/h12-13,16-19,27-28H,8-11,14-15H2,1-7H3. The van der Waals surface area contributed by atoms with E-state index in [0.29, 0.717) is 35.1 Å². The van der Waals surface area contributed by atoms with Crippen LogP contribution in [0.1, 0.15) is 74.1 Å². The number of esters is 1. The largest absolute Gasteiger partial charge is 0.461 e. The predicted octanol–water partition coefficient (Wildman–Crippen LogP) is 7.77. The first-order valence-electron chi connectivity index (χ1n) is 12.7. The molecule has 0 bridgehead atoms. The maximum atomic E-state index is 12.1. The Kier molecular flexibility index (Phi) is 12.1. The quantitative estimate of drug-likeness (QED) is 0.106. The van der Waals surface area contributed by atoms with E-state index >= 15 is 0 Å². The molecular formula is C28H41ClO6. The summed E-state index contributed by atoms with van der Waals surface area (Å²) < 4.78 is 30.6. The van der Waals surface area contributed by atoms with Gasteiger partial charge >= 0.3 is 5.97 Å². The van der Waals surface area contributed by atoms with Crippen molar-refractivity contribution in [3.63, 3.8) is 0 Å². The van der Waals surface area contributed by atoms with E-state index in [2.05, 4.69) is 13.8 Å². The van der Waals surface area contributed by atoms with Gasteiger partial charge < -0.3 is 23.7 Å². The SMILES string of the molecule is CCCCOC(Oc1cc2ccc(Cl)cc2c(OC(C)=O)c1OC(OCCCC)C(C)C)C(C)C. The molecule has 0 amide bonds. The van der Waals surface area contributed by atoms with Crippen LogP contribution in [0, 0.1) is 11.8 Å². The number of benzene rings is 2. The molecule has 0 radical (unpaired) electrons. The molecule has 0 heterocycles. The third-order valence-corrected chi connectivity index (χ3v) is 5.58. The van der Waals surface area contributed by atoms with E-state index in [0.717, 1.165) is 31.1 Å². The highest BCUT2D eigenvalue weighted by Gasteiger charge is 2.27. The Morgan fingerprint density at radius 3 is 1.94 bits per heavy atom. The average Bonchev–Trinajstić information content (AvgIpc) is 2.79. The third kappa shape index (κ3) is 8.85. The fraction of sp³-hybridized carbons (Fsp3) is 0.607.